The van der Waals surface area contributed by atoms with Crippen LogP contribution in [0.4, 0.5) is 0 Å². The zero-order chi connectivity index (χ0) is 13.5. The number of hydrogen-bond donors (Lipinski definition) is 1. The van der Waals surface area contributed by atoms with Crippen LogP contribution in [0.15, 0.2) is 0 Å². The summed E-state index contributed by atoms with van der Waals surface area (Å²) >= 11 is 0. The van der Waals surface area contributed by atoms with Crippen LogP contribution >= 0.6 is 0 Å². The maximum atomic E-state index is 9.22. The Morgan fingerprint density at radius 1 is 0.944 bits per heavy atom. The lowest BCUT2D eigenvalue weighted by Gasteiger charge is -2.29. The third-order valence-corrected chi connectivity index (χ3v) is 3.40. The van der Waals surface area contributed by atoms with Gasteiger partial charge in [-0.3, -0.25) is 0 Å². The summed E-state index contributed by atoms with van der Waals surface area (Å²) in [5.74, 6) is 0. The highest BCUT2D eigenvalue weighted by atomic mass is 16.7. The third kappa shape index (κ3) is 6.14. The Labute approximate surface area is 111 Å². The predicted molar refractivity (Wildman–Crippen MR) is 70.4 cm³/mol. The molecule has 0 aromatic carbocycles. The van der Waals surface area contributed by atoms with Crippen LogP contribution in [-0.2, 0) is 14.2 Å². The lowest BCUT2D eigenvalue weighted by molar-refractivity contribution is -0.198. The van der Waals surface area contributed by atoms with Crippen molar-refractivity contribution < 1.29 is 19.3 Å². The molecule has 4 heteroatoms. The summed E-state index contributed by atoms with van der Waals surface area (Å²) in [6, 6.07) is 0. The molecule has 2 heterocycles. The highest BCUT2D eigenvalue weighted by Crippen LogP contribution is 2.19. The van der Waals surface area contributed by atoms with Gasteiger partial charge in [0.2, 0.25) is 0 Å². The molecule has 2 fully saturated rings. The van der Waals surface area contributed by atoms with E-state index in [1.165, 1.54) is 19.3 Å². The molecule has 0 amide bonds. The van der Waals surface area contributed by atoms with Crippen molar-refractivity contribution in [2.75, 3.05) is 7.11 Å². The maximum absolute atomic E-state index is 9.22. The molecule has 0 saturated carbocycles. The number of rotatable bonds is 1. The SMILES string of the molecule is CC1CCCC(C)O1.CO[C@@H]1CC(O)CC(C)O1. The molecule has 2 rings (SSSR count). The summed E-state index contributed by atoms with van der Waals surface area (Å²) in [6.07, 6.45) is 5.86. The topological polar surface area (TPSA) is 47.9 Å². The molecule has 2 aliphatic rings. The summed E-state index contributed by atoms with van der Waals surface area (Å²) in [7, 11) is 1.59. The Balaban J connectivity index is 0.000000184. The van der Waals surface area contributed by atoms with Gasteiger partial charge in [-0.15, -0.1) is 0 Å². The average Bonchev–Trinajstić information content (AvgIpc) is 2.28. The first-order valence-corrected chi connectivity index (χ1v) is 7.03. The van der Waals surface area contributed by atoms with Gasteiger partial charge in [0.25, 0.3) is 0 Å². The Morgan fingerprint density at radius 2 is 1.56 bits per heavy atom. The minimum atomic E-state index is -0.256. The molecule has 0 aromatic rings. The standard InChI is InChI=1S/C7H14O3.C7H14O/c1-5-3-6(8)4-7(9-2)10-5;1-6-4-3-5-7(2)8-6/h5-8H,3-4H2,1-2H3;6-7H,3-5H2,1-2H3/t5?,6?,7-;/m0./s1. The van der Waals surface area contributed by atoms with Gasteiger partial charge < -0.3 is 19.3 Å². The first-order valence-electron chi connectivity index (χ1n) is 7.03. The molecule has 108 valence electrons. The minimum absolute atomic E-state index is 0.119. The van der Waals surface area contributed by atoms with Crippen molar-refractivity contribution in [3.8, 4) is 0 Å². The highest BCUT2D eigenvalue weighted by Gasteiger charge is 2.24. The van der Waals surface area contributed by atoms with Crippen molar-refractivity contribution in [2.24, 2.45) is 0 Å². The monoisotopic (exact) mass is 260 g/mol. The maximum Gasteiger partial charge on any atom is 0.160 e. The van der Waals surface area contributed by atoms with E-state index < -0.39 is 0 Å². The van der Waals surface area contributed by atoms with Crippen molar-refractivity contribution in [1.29, 1.82) is 0 Å². The van der Waals surface area contributed by atoms with E-state index in [2.05, 4.69) is 13.8 Å². The molecule has 0 aliphatic carbocycles. The lowest BCUT2D eigenvalue weighted by Crippen LogP contribution is -2.34. The number of ether oxygens (including phenoxy) is 3. The van der Waals surface area contributed by atoms with Crippen LogP contribution in [0.2, 0.25) is 0 Å². The summed E-state index contributed by atoms with van der Waals surface area (Å²) in [4.78, 5) is 0. The van der Waals surface area contributed by atoms with Crippen molar-refractivity contribution >= 4 is 0 Å². The van der Waals surface area contributed by atoms with Crippen LogP contribution < -0.4 is 0 Å². The number of aliphatic hydroxyl groups excluding tert-OH is 1. The average molecular weight is 260 g/mol. The Kier molecular flexibility index (Phi) is 7.15. The third-order valence-electron chi connectivity index (χ3n) is 3.40. The lowest BCUT2D eigenvalue weighted by atomic mass is 10.1. The second-order valence-corrected chi connectivity index (χ2v) is 5.43. The van der Waals surface area contributed by atoms with E-state index in [0.717, 1.165) is 6.42 Å². The van der Waals surface area contributed by atoms with Gasteiger partial charge in [-0.05, 0) is 46.5 Å². The van der Waals surface area contributed by atoms with Crippen LogP contribution in [0, 0.1) is 0 Å². The van der Waals surface area contributed by atoms with Gasteiger partial charge in [-0.1, -0.05) is 0 Å². The Morgan fingerprint density at radius 3 is 1.94 bits per heavy atom. The minimum Gasteiger partial charge on any atom is -0.393 e. The van der Waals surface area contributed by atoms with Gasteiger partial charge in [-0.2, -0.15) is 0 Å². The van der Waals surface area contributed by atoms with Crippen molar-refractivity contribution in [2.45, 2.75) is 83.6 Å². The first kappa shape index (κ1) is 15.9. The van der Waals surface area contributed by atoms with Crippen molar-refractivity contribution in [3.63, 3.8) is 0 Å². The van der Waals surface area contributed by atoms with E-state index >= 15 is 0 Å². The molecule has 0 bridgehead atoms. The molecule has 0 aromatic heterocycles. The molecule has 1 N–H and O–H groups in total. The van der Waals surface area contributed by atoms with Gasteiger partial charge in [0.15, 0.2) is 6.29 Å². The normalized spacial score (nSPS) is 40.8. The van der Waals surface area contributed by atoms with Gasteiger partial charge in [0.1, 0.15) is 0 Å². The molecule has 4 nitrogen and oxygen atoms in total. The van der Waals surface area contributed by atoms with E-state index in [4.69, 9.17) is 14.2 Å². The summed E-state index contributed by atoms with van der Waals surface area (Å²) in [5, 5.41) is 9.22. The largest absolute Gasteiger partial charge is 0.393 e. The Bertz CT molecular complexity index is 204. The smallest absolute Gasteiger partial charge is 0.160 e. The fourth-order valence-electron chi connectivity index (χ4n) is 2.45. The summed E-state index contributed by atoms with van der Waals surface area (Å²) < 4.78 is 15.8. The molecule has 0 spiro atoms. The van der Waals surface area contributed by atoms with Crippen molar-refractivity contribution in [1.82, 2.24) is 0 Å². The van der Waals surface area contributed by atoms with E-state index in [1.807, 2.05) is 6.92 Å². The molecule has 5 atom stereocenters. The number of hydrogen-bond acceptors (Lipinski definition) is 4. The molecule has 2 saturated heterocycles. The quantitative estimate of drug-likeness (QED) is 0.787. The number of methoxy groups -OCH3 is 1. The van der Waals surface area contributed by atoms with Crippen LogP contribution in [-0.4, -0.2) is 42.9 Å². The second-order valence-electron chi connectivity index (χ2n) is 5.43. The fourth-order valence-corrected chi connectivity index (χ4v) is 2.45. The van der Waals surface area contributed by atoms with Gasteiger partial charge in [-0.25, -0.2) is 0 Å². The molecular formula is C14H28O4. The van der Waals surface area contributed by atoms with E-state index in [0.29, 0.717) is 18.6 Å². The van der Waals surface area contributed by atoms with Crippen LogP contribution in [0.1, 0.15) is 52.9 Å². The number of aliphatic hydroxyl groups is 1. The van der Waals surface area contributed by atoms with E-state index in [-0.39, 0.29) is 18.5 Å². The molecule has 18 heavy (non-hydrogen) atoms. The van der Waals surface area contributed by atoms with Gasteiger partial charge in [0, 0.05) is 13.5 Å². The molecule has 0 radical (unpaired) electrons. The van der Waals surface area contributed by atoms with Crippen molar-refractivity contribution in [3.05, 3.63) is 0 Å². The van der Waals surface area contributed by atoms with E-state index in [9.17, 15) is 5.11 Å². The van der Waals surface area contributed by atoms with Gasteiger partial charge in [0.05, 0.1) is 24.4 Å². The summed E-state index contributed by atoms with van der Waals surface area (Å²) in [5.41, 5.74) is 0. The zero-order valence-electron chi connectivity index (χ0n) is 12.1. The van der Waals surface area contributed by atoms with E-state index in [1.54, 1.807) is 7.11 Å². The molecule has 2 aliphatic heterocycles. The Hall–Kier alpha value is -0.160. The van der Waals surface area contributed by atoms with Crippen LogP contribution in [0.25, 0.3) is 0 Å². The summed E-state index contributed by atoms with van der Waals surface area (Å²) in [6.45, 7) is 6.24. The molecular weight excluding hydrogens is 232 g/mol. The second kappa shape index (κ2) is 8.10. The van der Waals surface area contributed by atoms with Crippen LogP contribution in [0.5, 0.6) is 0 Å². The van der Waals surface area contributed by atoms with Gasteiger partial charge >= 0.3 is 0 Å². The fraction of sp³-hybridized carbons (Fsp3) is 1.00. The molecule has 4 unspecified atom stereocenters. The highest BCUT2D eigenvalue weighted by molar-refractivity contribution is 4.69. The van der Waals surface area contributed by atoms with Crippen LogP contribution in [0.3, 0.4) is 0 Å². The zero-order valence-corrected chi connectivity index (χ0v) is 12.1. The predicted octanol–water partition coefficient (Wildman–Crippen LogP) is 2.48. The first-order chi connectivity index (χ1) is 8.51.